The first-order chi connectivity index (χ1) is 9.13. The lowest BCUT2D eigenvalue weighted by Gasteiger charge is -2.69. The van der Waals surface area contributed by atoms with E-state index < -0.39 is 5.97 Å². The lowest BCUT2D eigenvalue weighted by Crippen LogP contribution is -2.60. The number of carbonyl (C=O) groups is 1. The number of hydrogen-bond donors (Lipinski definition) is 2. The van der Waals surface area contributed by atoms with Crippen LogP contribution in [0.4, 0.5) is 0 Å². The van der Waals surface area contributed by atoms with Crippen LogP contribution in [0.15, 0.2) is 11.6 Å². The lowest BCUT2D eigenvalue weighted by atomic mass is 9.36. The summed E-state index contributed by atoms with van der Waals surface area (Å²) in [4.78, 5) is 11.2. The second-order valence-corrected chi connectivity index (χ2v) is 8.83. The van der Waals surface area contributed by atoms with Crippen LogP contribution in [-0.4, -0.2) is 22.8 Å². The molecular weight excluding hydrogens is 252 g/mol. The second-order valence-electron chi connectivity index (χ2n) is 8.83. The molecule has 112 valence electrons. The van der Waals surface area contributed by atoms with Crippen molar-refractivity contribution in [1.29, 1.82) is 0 Å². The molecule has 4 saturated carbocycles. The number of aliphatic hydroxyl groups excluding tert-OH is 1. The van der Waals surface area contributed by atoms with Crippen LogP contribution in [0.1, 0.15) is 59.3 Å². The largest absolute Gasteiger partial charge is 0.478 e. The Morgan fingerprint density at radius 3 is 2.05 bits per heavy atom. The van der Waals surface area contributed by atoms with E-state index in [9.17, 15) is 15.0 Å². The molecule has 4 aliphatic carbocycles. The molecule has 2 atom stereocenters. The number of carboxylic acids is 1. The molecular formula is C17H26O3. The summed E-state index contributed by atoms with van der Waals surface area (Å²) in [5.74, 6) is -0.811. The Kier molecular flexibility index (Phi) is 2.74. The zero-order chi connectivity index (χ0) is 14.8. The first-order valence-electron chi connectivity index (χ1n) is 7.67. The van der Waals surface area contributed by atoms with Gasteiger partial charge in [-0.25, -0.2) is 4.79 Å². The maximum absolute atomic E-state index is 11.2. The molecule has 4 bridgehead atoms. The van der Waals surface area contributed by atoms with Gasteiger partial charge >= 0.3 is 5.97 Å². The van der Waals surface area contributed by atoms with Crippen molar-refractivity contribution in [3.8, 4) is 0 Å². The highest BCUT2D eigenvalue weighted by atomic mass is 16.4. The van der Waals surface area contributed by atoms with Gasteiger partial charge in [0.2, 0.25) is 0 Å². The Labute approximate surface area is 121 Å². The molecule has 0 saturated heterocycles. The van der Waals surface area contributed by atoms with Gasteiger partial charge in [0, 0.05) is 12.2 Å². The zero-order valence-corrected chi connectivity index (χ0v) is 12.8. The van der Waals surface area contributed by atoms with E-state index in [1.165, 1.54) is 6.42 Å². The predicted molar refractivity (Wildman–Crippen MR) is 77.3 cm³/mol. The van der Waals surface area contributed by atoms with Gasteiger partial charge in [0.1, 0.15) is 0 Å². The average molecular weight is 278 g/mol. The molecule has 0 spiro atoms. The van der Waals surface area contributed by atoms with Crippen LogP contribution < -0.4 is 0 Å². The third kappa shape index (κ3) is 2.02. The van der Waals surface area contributed by atoms with Gasteiger partial charge in [-0.15, -0.1) is 0 Å². The standard InChI is InChI=1S/C17H26O3/c1-12(13(19)20)4-16-6-14(2)5-15(3,7-16)9-17(8-14,10-16)11-18/h4,18H,5-11H2,1-3H3,(H,19,20). The molecule has 4 fully saturated rings. The number of aliphatic carboxylic acids is 1. The van der Waals surface area contributed by atoms with Crippen LogP contribution in [0.3, 0.4) is 0 Å². The van der Waals surface area contributed by atoms with Gasteiger partial charge in [0.25, 0.3) is 0 Å². The van der Waals surface area contributed by atoms with Crippen LogP contribution in [-0.2, 0) is 4.79 Å². The van der Waals surface area contributed by atoms with Crippen LogP contribution >= 0.6 is 0 Å². The number of rotatable bonds is 3. The monoisotopic (exact) mass is 278 g/mol. The summed E-state index contributed by atoms with van der Waals surface area (Å²) in [6.07, 6.45) is 8.59. The number of hydrogen-bond acceptors (Lipinski definition) is 2. The SMILES string of the molecule is CC(=CC12CC3(C)CC(C)(C1)CC(CO)(C3)C2)C(=O)O. The smallest absolute Gasteiger partial charge is 0.330 e. The summed E-state index contributed by atoms with van der Waals surface area (Å²) in [7, 11) is 0. The van der Waals surface area contributed by atoms with Crippen LogP contribution in [0.25, 0.3) is 0 Å². The summed E-state index contributed by atoms with van der Waals surface area (Å²) >= 11 is 0. The molecule has 2 N–H and O–H groups in total. The molecule has 4 aliphatic rings. The van der Waals surface area contributed by atoms with Crippen molar-refractivity contribution in [2.75, 3.05) is 6.61 Å². The van der Waals surface area contributed by atoms with E-state index in [1.807, 2.05) is 6.08 Å². The molecule has 0 aromatic carbocycles. The maximum Gasteiger partial charge on any atom is 0.330 e. The molecule has 3 heteroatoms. The Bertz CT molecular complexity index is 472. The lowest BCUT2D eigenvalue weighted by molar-refractivity contribution is -0.185. The van der Waals surface area contributed by atoms with E-state index >= 15 is 0 Å². The highest BCUT2D eigenvalue weighted by Gasteiger charge is 2.64. The molecule has 2 unspecified atom stereocenters. The average Bonchev–Trinajstić information content (AvgIpc) is 2.23. The topological polar surface area (TPSA) is 57.5 Å². The second kappa shape index (κ2) is 3.88. The number of aliphatic hydroxyl groups is 1. The maximum atomic E-state index is 11.2. The van der Waals surface area contributed by atoms with Crippen LogP contribution in [0.5, 0.6) is 0 Å². The predicted octanol–water partition coefficient (Wildman–Crippen LogP) is 3.38. The van der Waals surface area contributed by atoms with Crippen molar-refractivity contribution >= 4 is 5.97 Å². The van der Waals surface area contributed by atoms with E-state index in [4.69, 9.17) is 0 Å². The molecule has 0 heterocycles. The van der Waals surface area contributed by atoms with E-state index in [0.717, 1.165) is 32.1 Å². The Morgan fingerprint density at radius 2 is 1.60 bits per heavy atom. The van der Waals surface area contributed by atoms with E-state index in [2.05, 4.69) is 13.8 Å². The van der Waals surface area contributed by atoms with Crippen LogP contribution in [0.2, 0.25) is 0 Å². The van der Waals surface area contributed by atoms with Gasteiger partial charge in [0.05, 0.1) is 0 Å². The third-order valence-electron chi connectivity index (χ3n) is 5.94. The highest BCUT2D eigenvalue weighted by molar-refractivity contribution is 5.85. The Hall–Kier alpha value is -0.830. The summed E-state index contributed by atoms with van der Waals surface area (Å²) < 4.78 is 0. The van der Waals surface area contributed by atoms with Gasteiger partial charge in [-0.1, -0.05) is 19.9 Å². The minimum atomic E-state index is -0.811. The fourth-order valence-electron chi connectivity index (χ4n) is 6.88. The minimum Gasteiger partial charge on any atom is -0.478 e. The van der Waals surface area contributed by atoms with Gasteiger partial charge in [0.15, 0.2) is 0 Å². The van der Waals surface area contributed by atoms with Gasteiger partial charge in [-0.3, -0.25) is 0 Å². The van der Waals surface area contributed by atoms with Gasteiger partial charge in [-0.2, -0.15) is 0 Å². The fourth-order valence-corrected chi connectivity index (χ4v) is 6.88. The van der Waals surface area contributed by atoms with E-state index in [0.29, 0.717) is 5.57 Å². The van der Waals surface area contributed by atoms with Crippen molar-refractivity contribution in [2.45, 2.75) is 59.3 Å². The van der Waals surface area contributed by atoms with Crippen molar-refractivity contribution in [3.63, 3.8) is 0 Å². The van der Waals surface area contributed by atoms with E-state index in [1.54, 1.807) is 6.92 Å². The molecule has 0 aromatic heterocycles. The summed E-state index contributed by atoms with van der Waals surface area (Å²) in [5.41, 5.74) is 1.01. The van der Waals surface area contributed by atoms with Crippen molar-refractivity contribution in [3.05, 3.63) is 11.6 Å². The Balaban J connectivity index is 2.05. The van der Waals surface area contributed by atoms with Crippen molar-refractivity contribution in [2.24, 2.45) is 21.7 Å². The van der Waals surface area contributed by atoms with Crippen molar-refractivity contribution < 1.29 is 15.0 Å². The molecule has 0 aromatic rings. The van der Waals surface area contributed by atoms with Gasteiger partial charge in [-0.05, 0) is 67.1 Å². The number of carboxylic acid groups (broad SMARTS) is 1. The Morgan fingerprint density at radius 1 is 1.05 bits per heavy atom. The van der Waals surface area contributed by atoms with Gasteiger partial charge < -0.3 is 10.2 Å². The zero-order valence-electron chi connectivity index (χ0n) is 12.8. The first kappa shape index (κ1) is 14.1. The van der Waals surface area contributed by atoms with E-state index in [-0.39, 0.29) is 28.3 Å². The number of allylic oxidation sites excluding steroid dienone is 1. The molecule has 0 amide bonds. The summed E-state index contributed by atoms with van der Waals surface area (Å²) in [6.45, 7) is 6.63. The molecule has 4 rings (SSSR count). The van der Waals surface area contributed by atoms with Crippen molar-refractivity contribution in [1.82, 2.24) is 0 Å². The third-order valence-corrected chi connectivity index (χ3v) is 5.94. The highest BCUT2D eigenvalue weighted by Crippen LogP contribution is 2.73. The first-order valence-corrected chi connectivity index (χ1v) is 7.67. The quantitative estimate of drug-likeness (QED) is 0.778. The summed E-state index contributed by atoms with van der Waals surface area (Å²) in [6, 6.07) is 0. The minimum absolute atomic E-state index is 0.0105. The fraction of sp³-hybridized carbons (Fsp3) is 0.824. The summed E-state index contributed by atoms with van der Waals surface area (Å²) in [5, 5.41) is 19.2. The molecule has 20 heavy (non-hydrogen) atoms. The normalized spacial score (nSPS) is 50.5. The van der Waals surface area contributed by atoms with Crippen LogP contribution in [0, 0.1) is 21.7 Å². The molecule has 0 radical (unpaired) electrons. The molecule has 3 nitrogen and oxygen atoms in total. The molecule has 0 aliphatic heterocycles.